The number of nitrogens with one attached hydrogen (secondary N) is 1. The van der Waals surface area contributed by atoms with Crippen molar-refractivity contribution in [3.05, 3.63) is 101 Å². The summed E-state index contributed by atoms with van der Waals surface area (Å²) < 4.78 is 1.79. The first-order valence-electron chi connectivity index (χ1n) is 8.60. The molecular formula is C23H16N2O. The van der Waals surface area contributed by atoms with Crippen LogP contribution in [0.4, 0.5) is 0 Å². The van der Waals surface area contributed by atoms with E-state index < -0.39 is 0 Å². The van der Waals surface area contributed by atoms with Crippen molar-refractivity contribution in [2.75, 3.05) is 0 Å². The van der Waals surface area contributed by atoms with E-state index in [4.69, 9.17) is 0 Å². The zero-order valence-electron chi connectivity index (χ0n) is 14.0. The lowest BCUT2D eigenvalue weighted by molar-refractivity contribution is 1.04. The molecule has 0 amide bonds. The van der Waals surface area contributed by atoms with E-state index in [0.29, 0.717) is 0 Å². The summed E-state index contributed by atoms with van der Waals surface area (Å²) in [6, 6.07) is 30.3. The number of aromatic amines is 1. The van der Waals surface area contributed by atoms with Gasteiger partial charge in [-0.3, -0.25) is 4.40 Å². The number of hydrogen-bond acceptors (Lipinski definition) is 1. The average molecular weight is 336 g/mol. The Labute approximate surface area is 150 Å². The quantitative estimate of drug-likeness (QED) is 0.477. The van der Waals surface area contributed by atoms with Crippen molar-refractivity contribution < 1.29 is 0 Å². The lowest BCUT2D eigenvalue weighted by atomic mass is 10.0. The van der Waals surface area contributed by atoms with Gasteiger partial charge in [0.2, 0.25) is 0 Å². The third-order valence-electron chi connectivity index (χ3n) is 4.78. The van der Waals surface area contributed by atoms with Crippen LogP contribution in [0.5, 0.6) is 0 Å². The van der Waals surface area contributed by atoms with Crippen LogP contribution in [0.25, 0.3) is 38.8 Å². The summed E-state index contributed by atoms with van der Waals surface area (Å²) in [6.07, 6.45) is 0. The molecule has 0 aliphatic heterocycles. The van der Waals surface area contributed by atoms with Gasteiger partial charge in [-0.2, -0.15) is 0 Å². The minimum absolute atomic E-state index is 0.125. The molecule has 0 saturated heterocycles. The Kier molecular flexibility index (Phi) is 3.25. The van der Waals surface area contributed by atoms with E-state index >= 15 is 0 Å². The largest absolute Gasteiger partial charge is 0.331 e. The van der Waals surface area contributed by atoms with Crippen LogP contribution < -0.4 is 5.69 Å². The first kappa shape index (κ1) is 14.7. The molecule has 26 heavy (non-hydrogen) atoms. The van der Waals surface area contributed by atoms with E-state index in [9.17, 15) is 4.79 Å². The molecule has 0 radical (unpaired) electrons. The van der Waals surface area contributed by atoms with Crippen molar-refractivity contribution in [1.29, 1.82) is 0 Å². The predicted octanol–water partition coefficient (Wildman–Crippen LogP) is 5.11. The molecule has 0 aliphatic rings. The predicted molar refractivity (Wildman–Crippen MR) is 106 cm³/mol. The molecule has 0 spiro atoms. The van der Waals surface area contributed by atoms with Crippen molar-refractivity contribution in [3.63, 3.8) is 0 Å². The fourth-order valence-corrected chi connectivity index (χ4v) is 3.62. The SMILES string of the molecule is O=c1[nH]c2ccccc2c2c(-c3ccccc3)cc(-c3ccccc3)n12. The van der Waals surface area contributed by atoms with Crippen LogP contribution in [0.2, 0.25) is 0 Å². The Morgan fingerprint density at radius 3 is 2.04 bits per heavy atom. The molecule has 0 aliphatic carbocycles. The number of benzene rings is 3. The van der Waals surface area contributed by atoms with Crippen molar-refractivity contribution >= 4 is 16.4 Å². The maximum Gasteiger partial charge on any atom is 0.331 e. The number of fused-ring (bicyclic) bond motifs is 3. The Hall–Kier alpha value is -3.59. The standard InChI is InChI=1S/C23H16N2O/c26-23-24-20-14-8-7-13-18(20)22-19(16-9-3-1-4-10-16)15-21(25(22)23)17-11-5-2-6-12-17/h1-15H,(H,24,26). The Morgan fingerprint density at radius 2 is 1.31 bits per heavy atom. The van der Waals surface area contributed by atoms with Crippen LogP contribution >= 0.6 is 0 Å². The van der Waals surface area contributed by atoms with E-state index in [1.54, 1.807) is 4.40 Å². The van der Waals surface area contributed by atoms with Gasteiger partial charge in [0.25, 0.3) is 0 Å². The van der Waals surface area contributed by atoms with Gasteiger partial charge in [0.1, 0.15) is 0 Å². The van der Waals surface area contributed by atoms with E-state index in [0.717, 1.165) is 38.8 Å². The zero-order chi connectivity index (χ0) is 17.5. The van der Waals surface area contributed by atoms with Gasteiger partial charge in [-0.05, 0) is 23.3 Å². The normalized spacial score (nSPS) is 11.2. The molecule has 1 N–H and O–H groups in total. The molecule has 0 bridgehead atoms. The summed E-state index contributed by atoms with van der Waals surface area (Å²) in [6.45, 7) is 0. The van der Waals surface area contributed by atoms with Crippen LogP contribution in [-0.2, 0) is 0 Å². The second kappa shape index (κ2) is 5.74. The summed E-state index contributed by atoms with van der Waals surface area (Å²) >= 11 is 0. The summed E-state index contributed by atoms with van der Waals surface area (Å²) in [5.74, 6) is 0. The lowest BCUT2D eigenvalue weighted by Gasteiger charge is -2.06. The van der Waals surface area contributed by atoms with Crippen LogP contribution in [-0.4, -0.2) is 9.38 Å². The third kappa shape index (κ3) is 2.18. The third-order valence-corrected chi connectivity index (χ3v) is 4.78. The zero-order valence-corrected chi connectivity index (χ0v) is 14.0. The summed E-state index contributed by atoms with van der Waals surface area (Å²) in [5.41, 5.74) is 5.74. The Morgan fingerprint density at radius 1 is 0.692 bits per heavy atom. The monoisotopic (exact) mass is 336 g/mol. The number of nitrogens with zero attached hydrogens (tertiary/aromatic N) is 1. The topological polar surface area (TPSA) is 37.3 Å². The maximum absolute atomic E-state index is 12.9. The summed E-state index contributed by atoms with van der Waals surface area (Å²) in [7, 11) is 0. The molecule has 3 heteroatoms. The molecule has 0 saturated carbocycles. The molecule has 2 heterocycles. The van der Waals surface area contributed by atoms with Crippen molar-refractivity contribution in [3.8, 4) is 22.4 Å². The fraction of sp³-hybridized carbons (Fsp3) is 0. The molecule has 3 aromatic carbocycles. The van der Waals surface area contributed by atoms with Crippen molar-refractivity contribution in [2.45, 2.75) is 0 Å². The van der Waals surface area contributed by atoms with Gasteiger partial charge in [-0.1, -0.05) is 78.9 Å². The van der Waals surface area contributed by atoms with Crippen LogP contribution in [0.1, 0.15) is 0 Å². The average Bonchev–Trinajstić information content (AvgIpc) is 3.11. The highest BCUT2D eigenvalue weighted by atomic mass is 16.1. The second-order valence-corrected chi connectivity index (χ2v) is 6.34. The first-order chi connectivity index (χ1) is 12.8. The maximum atomic E-state index is 12.9. The number of hydrogen-bond donors (Lipinski definition) is 1. The van der Waals surface area contributed by atoms with Crippen molar-refractivity contribution in [2.24, 2.45) is 0 Å². The number of aromatic nitrogens is 2. The van der Waals surface area contributed by atoms with Crippen molar-refractivity contribution in [1.82, 2.24) is 9.38 Å². The molecule has 0 unspecified atom stereocenters. The number of H-pyrrole nitrogens is 1. The fourth-order valence-electron chi connectivity index (χ4n) is 3.62. The highest BCUT2D eigenvalue weighted by molar-refractivity contribution is 6.03. The second-order valence-electron chi connectivity index (χ2n) is 6.34. The Bertz CT molecular complexity index is 1280. The van der Waals surface area contributed by atoms with E-state index in [1.165, 1.54) is 0 Å². The van der Waals surface area contributed by atoms with Crippen LogP contribution in [0.3, 0.4) is 0 Å². The highest BCUT2D eigenvalue weighted by Gasteiger charge is 2.17. The molecule has 124 valence electrons. The van der Waals surface area contributed by atoms with E-state index in [1.807, 2.05) is 66.7 Å². The highest BCUT2D eigenvalue weighted by Crippen LogP contribution is 2.35. The molecule has 2 aromatic heterocycles. The van der Waals surface area contributed by atoms with Gasteiger partial charge in [0.05, 0.1) is 16.7 Å². The van der Waals surface area contributed by atoms with Crippen LogP contribution in [0.15, 0.2) is 95.8 Å². The van der Waals surface area contributed by atoms with Gasteiger partial charge in [-0.15, -0.1) is 0 Å². The van der Waals surface area contributed by atoms with Gasteiger partial charge < -0.3 is 4.98 Å². The summed E-state index contributed by atoms with van der Waals surface area (Å²) in [5, 5.41) is 1.04. The molecule has 5 rings (SSSR count). The van der Waals surface area contributed by atoms with E-state index in [2.05, 4.69) is 29.2 Å². The first-order valence-corrected chi connectivity index (χ1v) is 8.60. The minimum atomic E-state index is -0.125. The van der Waals surface area contributed by atoms with Gasteiger partial charge >= 0.3 is 5.69 Å². The Balaban J connectivity index is 2.00. The summed E-state index contributed by atoms with van der Waals surface area (Å²) in [4.78, 5) is 16.0. The molecule has 5 aromatic rings. The molecular weight excluding hydrogens is 320 g/mol. The van der Waals surface area contributed by atoms with E-state index in [-0.39, 0.29) is 5.69 Å². The lowest BCUT2D eigenvalue weighted by Crippen LogP contribution is -2.16. The molecule has 0 fully saturated rings. The molecule has 0 atom stereocenters. The van der Waals surface area contributed by atoms with Gasteiger partial charge in [-0.25, -0.2) is 4.79 Å². The minimum Gasteiger partial charge on any atom is -0.307 e. The smallest absolute Gasteiger partial charge is 0.307 e. The van der Waals surface area contributed by atoms with Crippen LogP contribution in [0, 0.1) is 0 Å². The van der Waals surface area contributed by atoms with Gasteiger partial charge in [0.15, 0.2) is 0 Å². The van der Waals surface area contributed by atoms with Gasteiger partial charge in [0, 0.05) is 10.9 Å². The number of para-hydroxylation sites is 1. The number of rotatable bonds is 2. The molecule has 3 nitrogen and oxygen atoms in total.